The molecule has 7 heteroatoms. The standard InChI is InChI=1S/C6H6N6O/c7-12-6-10-4-3(5(13)11-6)8-1-2-9-4/h1-2H,7H2,(H2,9,10,11,12,13)/i/hD. The van der Waals surface area contributed by atoms with Crippen LogP contribution in [-0.4, -0.2) is 19.9 Å². The number of anilines is 1. The number of nitrogen functional groups attached to an aromatic ring is 1. The van der Waals surface area contributed by atoms with Gasteiger partial charge in [-0.05, 0) is 0 Å². The summed E-state index contributed by atoms with van der Waals surface area (Å²) in [6, 6.07) is 0. The quantitative estimate of drug-likeness (QED) is 0.382. The molecule has 0 bridgehead atoms. The van der Waals surface area contributed by atoms with Gasteiger partial charge in [0.05, 0.1) is 0 Å². The average molecular weight is 179 g/mol. The highest BCUT2D eigenvalue weighted by Gasteiger charge is 2.03. The fraction of sp³-hybridized carbons (Fsp3) is 0. The number of nitrogens with zero attached hydrogens (tertiary/aromatic N) is 3. The number of aromatic nitrogens is 4. The maximum Gasteiger partial charge on any atom is 0.280 e. The first-order valence-electron chi connectivity index (χ1n) is 3.88. The van der Waals surface area contributed by atoms with E-state index >= 15 is 0 Å². The van der Waals surface area contributed by atoms with Gasteiger partial charge in [0.1, 0.15) is 0 Å². The Morgan fingerprint density at radius 2 is 2.31 bits per heavy atom. The maximum absolute atomic E-state index is 11.3. The zero-order valence-corrected chi connectivity index (χ0v) is 6.43. The molecule has 0 saturated heterocycles. The zero-order valence-electron chi connectivity index (χ0n) is 7.43. The van der Waals surface area contributed by atoms with E-state index in [0.29, 0.717) is 5.42 Å². The first-order chi connectivity index (χ1) is 6.68. The number of fused-ring (bicyclic) bond motifs is 1. The highest BCUT2D eigenvalue weighted by molar-refractivity contribution is 5.68. The van der Waals surface area contributed by atoms with E-state index in [2.05, 4.69) is 19.9 Å². The van der Waals surface area contributed by atoms with Crippen molar-refractivity contribution in [2.75, 3.05) is 5.42 Å². The van der Waals surface area contributed by atoms with Crippen LogP contribution in [0, 0.1) is 0 Å². The highest BCUT2D eigenvalue weighted by Crippen LogP contribution is 1.99. The van der Waals surface area contributed by atoms with Crippen LogP contribution in [-0.2, 0) is 0 Å². The summed E-state index contributed by atoms with van der Waals surface area (Å²) in [6.45, 7) is 0. The highest BCUT2D eigenvalue weighted by atomic mass is 16.1. The van der Waals surface area contributed by atoms with Gasteiger partial charge in [-0.3, -0.25) is 15.2 Å². The van der Waals surface area contributed by atoms with Crippen LogP contribution in [0.2, 0.25) is 1.41 Å². The van der Waals surface area contributed by atoms with Gasteiger partial charge in [-0.2, -0.15) is 4.98 Å². The molecule has 0 aromatic carbocycles. The lowest BCUT2D eigenvalue weighted by atomic mass is 10.5. The van der Waals surface area contributed by atoms with Gasteiger partial charge in [0.2, 0.25) is 5.95 Å². The summed E-state index contributed by atoms with van der Waals surface area (Å²) in [6.07, 6.45) is 2.79. The van der Waals surface area contributed by atoms with Gasteiger partial charge in [0, 0.05) is 12.4 Å². The van der Waals surface area contributed by atoms with Gasteiger partial charge < -0.3 is 0 Å². The van der Waals surface area contributed by atoms with E-state index in [9.17, 15) is 4.79 Å². The van der Waals surface area contributed by atoms with Crippen molar-refractivity contribution in [1.82, 2.24) is 19.9 Å². The maximum atomic E-state index is 11.3. The average Bonchev–Trinajstić information content (AvgIpc) is 2.17. The summed E-state index contributed by atoms with van der Waals surface area (Å²) in [5.74, 6) is 5.01. The molecule has 0 atom stereocenters. The van der Waals surface area contributed by atoms with Gasteiger partial charge in [-0.1, -0.05) is 0 Å². The topological polar surface area (TPSA) is 110 Å². The lowest BCUT2D eigenvalue weighted by Crippen LogP contribution is -2.17. The smallest absolute Gasteiger partial charge is 0.280 e. The second-order valence-electron chi connectivity index (χ2n) is 2.25. The Bertz CT molecular complexity index is 523. The Balaban J connectivity index is 2.79. The van der Waals surface area contributed by atoms with E-state index in [0.717, 1.165) is 0 Å². The van der Waals surface area contributed by atoms with Crippen molar-refractivity contribution in [3.63, 3.8) is 0 Å². The predicted molar refractivity (Wildman–Crippen MR) is 45.8 cm³/mol. The van der Waals surface area contributed by atoms with Crippen molar-refractivity contribution in [3.8, 4) is 0 Å². The van der Waals surface area contributed by atoms with Crippen LogP contribution in [0.4, 0.5) is 5.95 Å². The molecule has 7 nitrogen and oxygen atoms in total. The van der Waals surface area contributed by atoms with Crippen LogP contribution < -0.4 is 16.8 Å². The SMILES string of the molecule is [2H]N(N)c1nc2nccnc2c(=O)[nH]1. The van der Waals surface area contributed by atoms with E-state index in [-0.39, 0.29) is 17.1 Å². The van der Waals surface area contributed by atoms with Crippen molar-refractivity contribution in [1.29, 1.82) is 0 Å². The van der Waals surface area contributed by atoms with E-state index in [1.54, 1.807) is 0 Å². The largest absolute Gasteiger partial charge is 0.294 e. The summed E-state index contributed by atoms with van der Waals surface area (Å²) in [5.41, 5.74) is 0.267. The molecule has 2 heterocycles. The molecule has 2 rings (SSSR count). The first kappa shape index (κ1) is 6.49. The second kappa shape index (κ2) is 2.79. The van der Waals surface area contributed by atoms with Crippen molar-refractivity contribution >= 4 is 17.1 Å². The minimum atomic E-state index is -0.471. The van der Waals surface area contributed by atoms with Gasteiger partial charge >= 0.3 is 0 Å². The molecule has 0 saturated carbocycles. The molecule has 66 valence electrons. The van der Waals surface area contributed by atoms with E-state index in [1.807, 2.05) is 0 Å². The van der Waals surface area contributed by atoms with Crippen LogP contribution in [0.5, 0.6) is 0 Å². The number of hydrogen-bond donors (Lipinski definition) is 3. The number of aromatic amines is 1. The van der Waals surface area contributed by atoms with E-state index in [1.165, 1.54) is 12.4 Å². The molecule has 13 heavy (non-hydrogen) atoms. The normalized spacial score (nSPS) is 11.3. The minimum Gasteiger partial charge on any atom is -0.294 e. The lowest BCUT2D eigenvalue weighted by Gasteiger charge is -1.98. The second-order valence-corrected chi connectivity index (χ2v) is 2.25. The van der Waals surface area contributed by atoms with Crippen LogP contribution in [0.15, 0.2) is 17.2 Å². The zero-order chi connectivity index (χ0) is 10.1. The third-order valence-corrected chi connectivity index (χ3v) is 1.45. The van der Waals surface area contributed by atoms with Crippen LogP contribution in [0.25, 0.3) is 11.2 Å². The molecule has 0 amide bonds. The Morgan fingerprint density at radius 1 is 1.54 bits per heavy atom. The van der Waals surface area contributed by atoms with E-state index in [4.69, 9.17) is 7.25 Å². The number of rotatable bonds is 1. The van der Waals surface area contributed by atoms with Crippen molar-refractivity contribution in [3.05, 3.63) is 22.7 Å². The third kappa shape index (κ3) is 1.20. The van der Waals surface area contributed by atoms with Gasteiger partial charge in [0.15, 0.2) is 12.6 Å². The van der Waals surface area contributed by atoms with Crippen LogP contribution in [0.1, 0.15) is 0 Å². The summed E-state index contributed by atoms with van der Waals surface area (Å²) in [5, 5.41) is 0. The van der Waals surface area contributed by atoms with Crippen LogP contribution in [0.3, 0.4) is 0 Å². The Kier molecular flexibility index (Phi) is 1.39. The summed E-state index contributed by atoms with van der Waals surface area (Å²) in [4.78, 5) is 25.1. The molecule has 0 aliphatic rings. The number of hydrazine groups is 1. The van der Waals surface area contributed by atoms with Crippen molar-refractivity contribution in [2.24, 2.45) is 5.84 Å². The third-order valence-electron chi connectivity index (χ3n) is 1.45. The number of H-pyrrole nitrogens is 1. The van der Waals surface area contributed by atoms with Gasteiger partial charge in [-0.25, -0.2) is 15.8 Å². The molecule has 2 aromatic rings. The molecular weight excluding hydrogens is 172 g/mol. The molecule has 2 aromatic heterocycles. The lowest BCUT2D eigenvalue weighted by molar-refractivity contribution is 1.08. The molecule has 4 N–H and O–H groups in total. The van der Waals surface area contributed by atoms with Crippen molar-refractivity contribution < 1.29 is 1.41 Å². The summed E-state index contributed by atoms with van der Waals surface area (Å²) >= 11 is 0. The van der Waals surface area contributed by atoms with E-state index < -0.39 is 5.56 Å². The van der Waals surface area contributed by atoms with Crippen LogP contribution >= 0.6 is 0 Å². The summed E-state index contributed by atoms with van der Waals surface area (Å²) in [7, 11) is 0. The number of nitrogens with one attached hydrogen (secondary N) is 2. The molecule has 0 spiro atoms. The molecule has 0 unspecified atom stereocenters. The fourth-order valence-electron chi connectivity index (χ4n) is 0.923. The Labute approximate surface area is 73.5 Å². The molecule has 0 radical (unpaired) electrons. The molecule has 0 aliphatic carbocycles. The number of nitrogens with two attached hydrogens (primary N) is 1. The van der Waals surface area contributed by atoms with Gasteiger partial charge in [0.25, 0.3) is 5.56 Å². The molecule has 0 aliphatic heterocycles. The van der Waals surface area contributed by atoms with Gasteiger partial charge in [-0.15, -0.1) is 0 Å². The summed E-state index contributed by atoms with van der Waals surface area (Å²) < 4.78 is 7.02. The minimum absolute atomic E-state index is 0.0806. The first-order valence-corrected chi connectivity index (χ1v) is 3.43. The van der Waals surface area contributed by atoms with Crippen molar-refractivity contribution in [2.45, 2.75) is 0 Å². The Morgan fingerprint density at radius 3 is 3.08 bits per heavy atom. The monoisotopic (exact) mass is 179 g/mol. The Hall–Kier alpha value is -2.02. The molecule has 0 fully saturated rings. The predicted octanol–water partition coefficient (Wildman–Crippen LogP) is -1.00. The molecular formula is C6H6N6O. The fourth-order valence-corrected chi connectivity index (χ4v) is 0.923. The number of hydrogen-bond acceptors (Lipinski definition) is 6.